The number of benzene rings is 1. The minimum Gasteiger partial charge on any atom is -0.343 e. The van der Waals surface area contributed by atoms with Crippen molar-refractivity contribution in [2.24, 2.45) is 0 Å². The molecule has 0 radical (unpaired) electrons. The van der Waals surface area contributed by atoms with Crippen molar-refractivity contribution in [2.45, 2.75) is 31.7 Å². The Morgan fingerprint density at radius 3 is 2.54 bits per heavy atom. The molecule has 7 heteroatoms. The predicted molar refractivity (Wildman–Crippen MR) is 101 cm³/mol. The van der Waals surface area contributed by atoms with Crippen molar-refractivity contribution in [3.8, 4) is 0 Å². The number of halogens is 1. The third kappa shape index (κ3) is 5.29. The summed E-state index contributed by atoms with van der Waals surface area (Å²) in [6.07, 6.45) is 2.79. The maximum atomic E-state index is 12.9. The molecule has 0 saturated carbocycles. The molecule has 1 aliphatic heterocycles. The second-order valence-corrected chi connectivity index (χ2v) is 7.37. The van der Waals surface area contributed by atoms with Crippen LogP contribution in [0.4, 0.5) is 14.9 Å². The van der Waals surface area contributed by atoms with E-state index in [1.807, 2.05) is 22.4 Å². The molecule has 2 heterocycles. The number of nitrogens with one attached hydrogen (secondary N) is 2. The van der Waals surface area contributed by atoms with Gasteiger partial charge in [0.25, 0.3) is 0 Å². The Labute approximate surface area is 156 Å². The zero-order valence-electron chi connectivity index (χ0n) is 14.4. The van der Waals surface area contributed by atoms with Crippen LogP contribution in [0.2, 0.25) is 0 Å². The molecule has 138 valence electrons. The van der Waals surface area contributed by atoms with Gasteiger partial charge in [-0.15, -0.1) is 11.3 Å². The first-order chi connectivity index (χ1) is 12.6. The van der Waals surface area contributed by atoms with Gasteiger partial charge in [0.15, 0.2) is 0 Å². The molecule has 1 fully saturated rings. The second kappa shape index (κ2) is 8.80. The fourth-order valence-corrected chi connectivity index (χ4v) is 3.71. The van der Waals surface area contributed by atoms with E-state index in [4.69, 9.17) is 0 Å². The molecule has 26 heavy (non-hydrogen) atoms. The summed E-state index contributed by atoms with van der Waals surface area (Å²) in [5, 5.41) is 7.63. The van der Waals surface area contributed by atoms with E-state index in [1.54, 1.807) is 11.3 Å². The SMILES string of the molecule is O=C(Nc1ccc(F)cc1)NC1CCN(C(=O)CCc2cccs2)CC1. The van der Waals surface area contributed by atoms with Gasteiger partial charge in [-0.3, -0.25) is 4.79 Å². The molecule has 1 aliphatic rings. The highest BCUT2D eigenvalue weighted by molar-refractivity contribution is 7.09. The van der Waals surface area contributed by atoms with Gasteiger partial charge in [0.05, 0.1) is 0 Å². The number of urea groups is 1. The van der Waals surface area contributed by atoms with Crippen LogP contribution < -0.4 is 10.6 Å². The normalized spacial score (nSPS) is 14.9. The largest absolute Gasteiger partial charge is 0.343 e. The molecule has 3 rings (SSSR count). The lowest BCUT2D eigenvalue weighted by molar-refractivity contribution is -0.132. The molecule has 5 nitrogen and oxygen atoms in total. The van der Waals surface area contributed by atoms with Crippen molar-refractivity contribution in [3.63, 3.8) is 0 Å². The van der Waals surface area contributed by atoms with E-state index in [1.165, 1.54) is 29.1 Å². The lowest BCUT2D eigenvalue weighted by Gasteiger charge is -2.32. The molecule has 0 unspecified atom stereocenters. The van der Waals surface area contributed by atoms with E-state index in [2.05, 4.69) is 10.6 Å². The van der Waals surface area contributed by atoms with Gasteiger partial charge in [-0.2, -0.15) is 0 Å². The quantitative estimate of drug-likeness (QED) is 0.838. The van der Waals surface area contributed by atoms with Crippen molar-refractivity contribution in [3.05, 3.63) is 52.5 Å². The first kappa shape index (κ1) is 18.4. The number of rotatable bonds is 5. The number of hydrogen-bond acceptors (Lipinski definition) is 3. The third-order valence-corrected chi connectivity index (χ3v) is 5.39. The zero-order chi connectivity index (χ0) is 18.4. The highest BCUT2D eigenvalue weighted by atomic mass is 32.1. The van der Waals surface area contributed by atoms with Gasteiger partial charge < -0.3 is 15.5 Å². The number of carbonyl (C=O) groups excluding carboxylic acids is 2. The van der Waals surface area contributed by atoms with Gasteiger partial charge in [0.1, 0.15) is 5.82 Å². The first-order valence-corrected chi connectivity index (χ1v) is 9.61. The summed E-state index contributed by atoms with van der Waals surface area (Å²) in [4.78, 5) is 27.4. The number of hydrogen-bond donors (Lipinski definition) is 2. The Hall–Kier alpha value is -2.41. The van der Waals surface area contributed by atoms with Crippen molar-refractivity contribution >= 4 is 29.0 Å². The van der Waals surface area contributed by atoms with Crippen molar-refractivity contribution < 1.29 is 14.0 Å². The van der Waals surface area contributed by atoms with Crippen LogP contribution >= 0.6 is 11.3 Å². The van der Waals surface area contributed by atoms with Gasteiger partial charge >= 0.3 is 6.03 Å². The summed E-state index contributed by atoms with van der Waals surface area (Å²) < 4.78 is 12.9. The molecule has 1 aromatic carbocycles. The van der Waals surface area contributed by atoms with Crippen LogP contribution in [-0.2, 0) is 11.2 Å². The van der Waals surface area contributed by atoms with Crippen molar-refractivity contribution in [2.75, 3.05) is 18.4 Å². The lowest BCUT2D eigenvalue weighted by atomic mass is 10.0. The fourth-order valence-electron chi connectivity index (χ4n) is 3.00. The zero-order valence-corrected chi connectivity index (χ0v) is 15.2. The molecule has 0 spiro atoms. The molecular formula is C19H22FN3O2S. The third-order valence-electron chi connectivity index (χ3n) is 4.45. The maximum Gasteiger partial charge on any atom is 0.319 e. The average molecular weight is 375 g/mol. The smallest absolute Gasteiger partial charge is 0.319 e. The fraction of sp³-hybridized carbons (Fsp3) is 0.368. The highest BCUT2D eigenvalue weighted by Gasteiger charge is 2.23. The number of nitrogens with zero attached hydrogens (tertiary/aromatic N) is 1. The Kier molecular flexibility index (Phi) is 6.22. The number of aryl methyl sites for hydroxylation is 1. The molecule has 0 aliphatic carbocycles. The number of likely N-dealkylation sites (tertiary alicyclic amines) is 1. The van der Waals surface area contributed by atoms with Gasteiger partial charge in [-0.05, 0) is 55.0 Å². The molecule has 1 saturated heterocycles. The van der Waals surface area contributed by atoms with Crippen LogP contribution in [0.25, 0.3) is 0 Å². The minimum absolute atomic E-state index is 0.0387. The second-order valence-electron chi connectivity index (χ2n) is 6.34. The lowest BCUT2D eigenvalue weighted by Crippen LogP contribution is -2.47. The standard InChI is InChI=1S/C19H22FN3O2S/c20-14-3-5-15(6-4-14)21-19(25)22-16-9-11-23(12-10-16)18(24)8-7-17-2-1-13-26-17/h1-6,13,16H,7-12H2,(H2,21,22,25). The minimum atomic E-state index is -0.341. The molecule has 2 aromatic rings. The summed E-state index contributed by atoms with van der Waals surface area (Å²) in [6.45, 7) is 1.32. The topological polar surface area (TPSA) is 61.4 Å². The molecule has 0 atom stereocenters. The van der Waals surface area contributed by atoms with Crippen LogP contribution in [0.3, 0.4) is 0 Å². The van der Waals surface area contributed by atoms with E-state index < -0.39 is 0 Å². The van der Waals surface area contributed by atoms with Crippen LogP contribution in [0.15, 0.2) is 41.8 Å². The molecule has 3 amide bonds. The van der Waals surface area contributed by atoms with Crippen molar-refractivity contribution in [1.29, 1.82) is 0 Å². The van der Waals surface area contributed by atoms with E-state index >= 15 is 0 Å². The average Bonchev–Trinajstić information content (AvgIpc) is 3.16. The molecule has 1 aromatic heterocycles. The van der Waals surface area contributed by atoms with Crippen LogP contribution in [0.5, 0.6) is 0 Å². The number of anilines is 1. The highest BCUT2D eigenvalue weighted by Crippen LogP contribution is 2.15. The molecule has 2 N–H and O–H groups in total. The first-order valence-electron chi connectivity index (χ1n) is 8.73. The van der Waals surface area contributed by atoms with Crippen molar-refractivity contribution in [1.82, 2.24) is 10.2 Å². The Morgan fingerprint density at radius 1 is 1.15 bits per heavy atom. The number of piperidine rings is 1. The summed E-state index contributed by atoms with van der Waals surface area (Å²) in [7, 11) is 0. The number of carbonyl (C=O) groups is 2. The van der Waals surface area contributed by atoms with E-state index in [-0.39, 0.29) is 23.8 Å². The van der Waals surface area contributed by atoms with E-state index in [0.29, 0.717) is 25.2 Å². The summed E-state index contributed by atoms with van der Waals surface area (Å²) in [5.41, 5.74) is 0.546. The van der Waals surface area contributed by atoms with Gasteiger partial charge in [-0.1, -0.05) is 6.07 Å². The Balaban J connectivity index is 1.38. The predicted octanol–water partition coefficient (Wildman–Crippen LogP) is 3.63. The van der Waals surface area contributed by atoms with Gasteiger partial charge in [0, 0.05) is 36.1 Å². The monoisotopic (exact) mass is 375 g/mol. The van der Waals surface area contributed by atoms with Crippen LogP contribution in [-0.4, -0.2) is 36.0 Å². The maximum absolute atomic E-state index is 12.9. The summed E-state index contributed by atoms with van der Waals surface area (Å²) in [6, 6.07) is 9.42. The Bertz CT molecular complexity index is 726. The van der Waals surface area contributed by atoms with Crippen LogP contribution in [0.1, 0.15) is 24.1 Å². The number of amides is 3. The molecule has 0 bridgehead atoms. The van der Waals surface area contributed by atoms with E-state index in [9.17, 15) is 14.0 Å². The summed E-state index contributed by atoms with van der Waals surface area (Å²) in [5.74, 6) is -0.167. The molecular weight excluding hydrogens is 353 g/mol. The summed E-state index contributed by atoms with van der Waals surface area (Å²) >= 11 is 1.67. The van der Waals surface area contributed by atoms with Crippen LogP contribution in [0, 0.1) is 5.82 Å². The number of thiophene rings is 1. The van der Waals surface area contributed by atoms with Gasteiger partial charge in [-0.25, -0.2) is 9.18 Å². The van der Waals surface area contributed by atoms with Gasteiger partial charge in [0.2, 0.25) is 5.91 Å². The Morgan fingerprint density at radius 2 is 1.88 bits per heavy atom. The van der Waals surface area contributed by atoms with E-state index in [0.717, 1.165) is 19.3 Å².